The molecular formula is C18H19F4N5. The summed E-state index contributed by atoms with van der Waals surface area (Å²) in [5, 5.41) is 7.37. The molecule has 0 saturated carbocycles. The van der Waals surface area contributed by atoms with Gasteiger partial charge in [-0.15, -0.1) is 0 Å². The Morgan fingerprint density at radius 3 is 2.41 bits per heavy atom. The van der Waals surface area contributed by atoms with Crippen LogP contribution >= 0.6 is 0 Å². The zero-order valence-corrected chi connectivity index (χ0v) is 15.3. The Balaban J connectivity index is 2.05. The average Bonchev–Trinajstić information content (AvgIpc) is 2.98. The lowest BCUT2D eigenvalue weighted by Gasteiger charge is -2.33. The van der Waals surface area contributed by atoms with E-state index in [-0.39, 0.29) is 0 Å². The Labute approximate surface area is 153 Å². The van der Waals surface area contributed by atoms with Crippen molar-refractivity contribution < 1.29 is 17.6 Å². The van der Waals surface area contributed by atoms with Crippen LogP contribution in [0.25, 0.3) is 5.78 Å². The zero-order chi connectivity index (χ0) is 20.0. The van der Waals surface area contributed by atoms with Crippen molar-refractivity contribution in [3.63, 3.8) is 0 Å². The smallest absolute Gasteiger partial charge is 0.363 e. The largest absolute Gasteiger partial charge is 0.419 e. The molecule has 144 valence electrons. The van der Waals surface area contributed by atoms with E-state index in [4.69, 9.17) is 0 Å². The van der Waals surface area contributed by atoms with Gasteiger partial charge in [-0.1, -0.05) is 26.8 Å². The van der Waals surface area contributed by atoms with Crippen molar-refractivity contribution in [3.8, 4) is 0 Å². The number of nitrogens with zero attached hydrogens (tertiary/aromatic N) is 4. The molecule has 2 heterocycles. The first-order chi connectivity index (χ1) is 12.5. The van der Waals surface area contributed by atoms with E-state index in [1.165, 1.54) is 16.9 Å². The van der Waals surface area contributed by atoms with Gasteiger partial charge in [-0.25, -0.2) is 9.37 Å². The summed E-state index contributed by atoms with van der Waals surface area (Å²) in [6.45, 7) is 7.52. The van der Waals surface area contributed by atoms with Gasteiger partial charge < -0.3 is 5.32 Å². The molecule has 1 atom stereocenters. The van der Waals surface area contributed by atoms with Crippen molar-refractivity contribution in [3.05, 3.63) is 53.2 Å². The van der Waals surface area contributed by atoms with Crippen molar-refractivity contribution in [1.82, 2.24) is 19.6 Å². The SMILES string of the molecule is Cc1cc(N[C@@H](c2ccc(C(F)(F)F)c(F)c2)C(C)(C)C)n2ncnc2n1. The molecule has 0 aliphatic carbocycles. The highest BCUT2D eigenvalue weighted by atomic mass is 19.4. The summed E-state index contributed by atoms with van der Waals surface area (Å²) < 4.78 is 54.2. The maximum absolute atomic E-state index is 14.1. The van der Waals surface area contributed by atoms with E-state index >= 15 is 0 Å². The summed E-state index contributed by atoms with van der Waals surface area (Å²) in [6.07, 6.45) is -3.38. The van der Waals surface area contributed by atoms with Crippen LogP contribution in [-0.2, 0) is 6.18 Å². The molecule has 0 amide bonds. The quantitative estimate of drug-likeness (QED) is 0.663. The van der Waals surface area contributed by atoms with E-state index in [9.17, 15) is 17.6 Å². The summed E-state index contributed by atoms with van der Waals surface area (Å²) in [6, 6.07) is 4.26. The molecule has 2 aromatic heterocycles. The number of benzene rings is 1. The fourth-order valence-electron chi connectivity index (χ4n) is 2.92. The minimum Gasteiger partial charge on any atom is -0.363 e. The van der Waals surface area contributed by atoms with Crippen molar-refractivity contribution in [2.75, 3.05) is 5.32 Å². The third kappa shape index (κ3) is 3.86. The number of fused-ring (bicyclic) bond motifs is 1. The second kappa shape index (κ2) is 6.47. The van der Waals surface area contributed by atoms with Crippen LogP contribution in [0.2, 0.25) is 0 Å². The Kier molecular flexibility index (Phi) is 4.57. The number of nitrogens with one attached hydrogen (secondary N) is 1. The molecule has 3 aromatic rings. The van der Waals surface area contributed by atoms with Crippen LogP contribution in [0.1, 0.15) is 43.6 Å². The zero-order valence-electron chi connectivity index (χ0n) is 15.3. The van der Waals surface area contributed by atoms with E-state index in [1.807, 2.05) is 20.8 Å². The predicted octanol–water partition coefficient (Wildman–Crippen LogP) is 4.79. The second-order valence-electron chi connectivity index (χ2n) is 7.44. The molecule has 9 heteroatoms. The van der Waals surface area contributed by atoms with Crippen LogP contribution in [0.4, 0.5) is 23.4 Å². The fourth-order valence-corrected chi connectivity index (χ4v) is 2.92. The number of anilines is 1. The van der Waals surface area contributed by atoms with E-state index in [0.29, 0.717) is 22.9 Å². The van der Waals surface area contributed by atoms with Gasteiger partial charge in [0.05, 0.1) is 11.6 Å². The number of alkyl halides is 3. The number of aromatic nitrogens is 4. The first kappa shape index (κ1) is 19.1. The van der Waals surface area contributed by atoms with Gasteiger partial charge in [0.1, 0.15) is 18.0 Å². The highest BCUT2D eigenvalue weighted by Gasteiger charge is 2.35. The number of hydrogen-bond donors (Lipinski definition) is 1. The Morgan fingerprint density at radius 2 is 1.81 bits per heavy atom. The lowest BCUT2D eigenvalue weighted by molar-refractivity contribution is -0.140. The highest BCUT2D eigenvalue weighted by Crippen LogP contribution is 2.38. The molecule has 0 aliphatic rings. The van der Waals surface area contributed by atoms with Crippen LogP contribution in [0, 0.1) is 18.2 Å². The summed E-state index contributed by atoms with van der Waals surface area (Å²) in [7, 11) is 0. The first-order valence-corrected chi connectivity index (χ1v) is 8.27. The molecule has 0 fully saturated rings. The third-order valence-corrected chi connectivity index (χ3v) is 4.17. The predicted molar refractivity (Wildman–Crippen MR) is 92.7 cm³/mol. The van der Waals surface area contributed by atoms with Gasteiger partial charge >= 0.3 is 6.18 Å². The van der Waals surface area contributed by atoms with Gasteiger partial charge in [-0.2, -0.15) is 27.8 Å². The van der Waals surface area contributed by atoms with Gasteiger partial charge in [0, 0.05) is 11.8 Å². The Hall–Kier alpha value is -2.71. The molecule has 1 N–H and O–H groups in total. The number of rotatable bonds is 3. The monoisotopic (exact) mass is 381 g/mol. The van der Waals surface area contributed by atoms with E-state index in [1.54, 1.807) is 13.0 Å². The van der Waals surface area contributed by atoms with E-state index < -0.39 is 29.0 Å². The molecule has 1 aromatic carbocycles. The maximum Gasteiger partial charge on any atom is 0.419 e. The molecule has 0 bridgehead atoms. The lowest BCUT2D eigenvalue weighted by Crippen LogP contribution is -2.27. The normalized spacial score (nSPS) is 13.8. The summed E-state index contributed by atoms with van der Waals surface area (Å²) >= 11 is 0. The molecule has 3 rings (SSSR count). The van der Waals surface area contributed by atoms with Gasteiger partial charge in [0.2, 0.25) is 0 Å². The minimum atomic E-state index is -4.73. The van der Waals surface area contributed by atoms with Gasteiger partial charge in [0.25, 0.3) is 5.78 Å². The van der Waals surface area contributed by atoms with E-state index in [2.05, 4.69) is 20.4 Å². The average molecular weight is 381 g/mol. The molecular weight excluding hydrogens is 362 g/mol. The molecule has 0 radical (unpaired) electrons. The molecule has 0 unspecified atom stereocenters. The molecule has 0 saturated heterocycles. The summed E-state index contributed by atoms with van der Waals surface area (Å²) in [4.78, 5) is 8.31. The summed E-state index contributed by atoms with van der Waals surface area (Å²) in [5.41, 5.74) is -0.617. The van der Waals surface area contributed by atoms with Crippen molar-refractivity contribution in [2.45, 2.75) is 39.9 Å². The third-order valence-electron chi connectivity index (χ3n) is 4.17. The van der Waals surface area contributed by atoms with Gasteiger partial charge in [-0.05, 0) is 30.0 Å². The van der Waals surface area contributed by atoms with Crippen LogP contribution in [0.5, 0.6) is 0 Å². The number of aryl methyl sites for hydroxylation is 1. The van der Waals surface area contributed by atoms with Gasteiger partial charge in [-0.3, -0.25) is 0 Å². The first-order valence-electron chi connectivity index (χ1n) is 8.27. The van der Waals surface area contributed by atoms with Crippen LogP contribution < -0.4 is 5.32 Å². The molecule has 27 heavy (non-hydrogen) atoms. The van der Waals surface area contributed by atoms with Gasteiger partial charge in [0.15, 0.2) is 0 Å². The van der Waals surface area contributed by atoms with Crippen molar-refractivity contribution in [2.24, 2.45) is 5.41 Å². The van der Waals surface area contributed by atoms with Crippen LogP contribution in [0.15, 0.2) is 30.6 Å². The standard InChI is InChI=1S/C18H19F4N5/c1-10-7-14(27-16(25-10)23-9-24-27)26-15(17(2,3)4)11-5-6-12(13(19)8-11)18(20,21)22/h5-9,15,26H,1-4H3/t15-/m0/s1. The molecule has 0 aliphatic heterocycles. The topological polar surface area (TPSA) is 55.1 Å². The van der Waals surface area contributed by atoms with Crippen LogP contribution in [0.3, 0.4) is 0 Å². The Bertz CT molecular complexity index is 972. The maximum atomic E-state index is 14.1. The number of hydrogen-bond acceptors (Lipinski definition) is 4. The van der Waals surface area contributed by atoms with Crippen molar-refractivity contribution >= 4 is 11.6 Å². The highest BCUT2D eigenvalue weighted by molar-refractivity contribution is 5.47. The Morgan fingerprint density at radius 1 is 1.11 bits per heavy atom. The molecule has 0 spiro atoms. The fraction of sp³-hybridized carbons (Fsp3) is 0.389. The lowest BCUT2D eigenvalue weighted by atomic mass is 9.82. The van der Waals surface area contributed by atoms with Crippen molar-refractivity contribution in [1.29, 1.82) is 0 Å². The van der Waals surface area contributed by atoms with Crippen LogP contribution in [-0.4, -0.2) is 19.6 Å². The minimum absolute atomic E-state index is 0.392. The molecule has 5 nitrogen and oxygen atoms in total. The number of halogens is 4. The summed E-state index contributed by atoms with van der Waals surface area (Å²) in [5.74, 6) is -0.341. The van der Waals surface area contributed by atoms with E-state index in [0.717, 1.165) is 12.1 Å². The second-order valence-corrected chi connectivity index (χ2v) is 7.44.